The van der Waals surface area contributed by atoms with E-state index in [4.69, 9.17) is 14.2 Å². The molecule has 0 fully saturated rings. The summed E-state index contributed by atoms with van der Waals surface area (Å²) in [4.78, 5) is 27.2. The van der Waals surface area contributed by atoms with Gasteiger partial charge in [-0.05, 0) is 45.4 Å². The van der Waals surface area contributed by atoms with Crippen LogP contribution in [-0.2, 0) is 19.1 Å². The van der Waals surface area contributed by atoms with Crippen LogP contribution in [0.25, 0.3) is 0 Å². The van der Waals surface area contributed by atoms with E-state index < -0.39 is 17.9 Å². The number of phenols is 1. The summed E-state index contributed by atoms with van der Waals surface area (Å²) in [5, 5.41) is 10.2. The van der Waals surface area contributed by atoms with Gasteiger partial charge in [0.15, 0.2) is 11.5 Å². The predicted octanol–water partition coefficient (Wildman–Crippen LogP) is 3.10. The Bertz CT molecular complexity index is 760. The van der Waals surface area contributed by atoms with Gasteiger partial charge in [-0.25, -0.2) is 9.59 Å². The molecule has 0 amide bonds. The highest BCUT2D eigenvalue weighted by Crippen LogP contribution is 2.40. The van der Waals surface area contributed by atoms with Crippen LogP contribution in [0.3, 0.4) is 0 Å². The van der Waals surface area contributed by atoms with Gasteiger partial charge in [0.05, 0.1) is 37.4 Å². The van der Waals surface area contributed by atoms with E-state index in [0.29, 0.717) is 22.5 Å². The maximum absolute atomic E-state index is 12.7. The lowest BCUT2D eigenvalue weighted by atomic mass is 9.83. The number of carbonyl (C=O) groups is 2. The van der Waals surface area contributed by atoms with Crippen LogP contribution in [0.1, 0.15) is 39.2 Å². The van der Waals surface area contributed by atoms with Crippen LogP contribution in [0, 0.1) is 0 Å². The van der Waals surface area contributed by atoms with E-state index in [9.17, 15) is 14.7 Å². The van der Waals surface area contributed by atoms with Crippen molar-refractivity contribution in [2.24, 2.45) is 0 Å². The quantitative estimate of drug-likeness (QED) is 0.717. The van der Waals surface area contributed by atoms with Gasteiger partial charge in [-0.1, -0.05) is 6.07 Å². The molecule has 7 heteroatoms. The molecule has 1 heterocycles. The lowest BCUT2D eigenvalue weighted by Crippen LogP contribution is -2.32. The van der Waals surface area contributed by atoms with Crippen molar-refractivity contribution in [2.45, 2.75) is 39.7 Å². The summed E-state index contributed by atoms with van der Waals surface area (Å²) in [6.07, 6.45) is 3.36. The van der Waals surface area contributed by atoms with Gasteiger partial charge < -0.3 is 24.2 Å². The maximum atomic E-state index is 12.7. The molecule has 2 rings (SSSR count). The Balaban J connectivity index is 2.63. The van der Waals surface area contributed by atoms with Crippen LogP contribution < -0.4 is 4.74 Å². The number of hydrogen-bond acceptors (Lipinski definition) is 7. The highest BCUT2D eigenvalue weighted by atomic mass is 16.5. The Morgan fingerprint density at radius 2 is 1.61 bits per heavy atom. The van der Waals surface area contributed by atoms with Gasteiger partial charge in [0.25, 0.3) is 0 Å². The standard InChI is InChI=1S/C21H27NO6/c1-6-27-20(24)15-11-22(13(3)4)12-16(21(25)28-7-2)19(15)14-8-9-18(26-5)17(23)10-14/h8-13,19,23H,6-7H2,1-5H3. The first-order valence-electron chi connectivity index (χ1n) is 9.25. The average Bonchev–Trinajstić information content (AvgIpc) is 2.67. The van der Waals surface area contributed by atoms with E-state index in [1.54, 1.807) is 43.3 Å². The molecule has 1 aromatic carbocycles. The molecule has 1 N–H and O–H groups in total. The fourth-order valence-electron chi connectivity index (χ4n) is 2.99. The molecule has 0 unspecified atom stereocenters. The zero-order chi connectivity index (χ0) is 20.8. The smallest absolute Gasteiger partial charge is 0.336 e. The predicted molar refractivity (Wildman–Crippen MR) is 104 cm³/mol. The molecular formula is C21H27NO6. The molecule has 0 saturated carbocycles. The van der Waals surface area contributed by atoms with Gasteiger partial charge >= 0.3 is 11.9 Å². The molecule has 152 valence electrons. The zero-order valence-corrected chi connectivity index (χ0v) is 16.9. The first-order valence-corrected chi connectivity index (χ1v) is 9.25. The number of esters is 2. The zero-order valence-electron chi connectivity index (χ0n) is 16.9. The Morgan fingerprint density at radius 3 is 2.00 bits per heavy atom. The Kier molecular flexibility index (Phi) is 7.09. The highest BCUT2D eigenvalue weighted by Gasteiger charge is 2.36. The van der Waals surface area contributed by atoms with Crippen molar-refractivity contribution < 1.29 is 28.9 Å². The summed E-state index contributed by atoms with van der Waals surface area (Å²) in [6, 6.07) is 4.78. The molecule has 1 aliphatic heterocycles. The molecule has 0 aliphatic carbocycles. The highest BCUT2D eigenvalue weighted by molar-refractivity contribution is 5.98. The minimum atomic E-state index is -0.732. The monoisotopic (exact) mass is 389 g/mol. The molecule has 0 radical (unpaired) electrons. The maximum Gasteiger partial charge on any atom is 0.336 e. The van der Waals surface area contributed by atoms with Crippen LogP contribution in [0.15, 0.2) is 41.7 Å². The minimum Gasteiger partial charge on any atom is -0.504 e. The molecular weight excluding hydrogens is 362 g/mol. The third-order valence-corrected chi connectivity index (χ3v) is 4.35. The first kappa shape index (κ1) is 21.3. The third kappa shape index (κ3) is 4.47. The van der Waals surface area contributed by atoms with E-state index in [-0.39, 0.29) is 25.0 Å². The lowest BCUT2D eigenvalue weighted by molar-refractivity contribution is -0.139. The molecule has 28 heavy (non-hydrogen) atoms. The van der Waals surface area contributed by atoms with E-state index in [2.05, 4.69) is 0 Å². The molecule has 0 atom stereocenters. The SMILES string of the molecule is CCOC(=O)C1=CN(C(C)C)C=C(C(=O)OCC)C1c1ccc(OC)c(O)c1. The van der Waals surface area contributed by atoms with Crippen molar-refractivity contribution in [3.63, 3.8) is 0 Å². The van der Waals surface area contributed by atoms with Crippen LogP contribution in [-0.4, -0.2) is 48.3 Å². The van der Waals surface area contributed by atoms with Gasteiger partial charge in [-0.15, -0.1) is 0 Å². The lowest BCUT2D eigenvalue weighted by Gasteiger charge is -2.32. The third-order valence-electron chi connectivity index (χ3n) is 4.35. The van der Waals surface area contributed by atoms with Gasteiger partial charge in [-0.2, -0.15) is 0 Å². The Morgan fingerprint density at radius 1 is 1.07 bits per heavy atom. The summed E-state index contributed by atoms with van der Waals surface area (Å²) in [5.74, 6) is -1.57. The van der Waals surface area contributed by atoms with Crippen molar-refractivity contribution in [1.29, 1.82) is 0 Å². The van der Waals surface area contributed by atoms with E-state index in [1.165, 1.54) is 13.2 Å². The number of ether oxygens (including phenoxy) is 3. The number of hydrogen-bond donors (Lipinski definition) is 1. The number of nitrogens with zero attached hydrogens (tertiary/aromatic N) is 1. The fourth-order valence-corrected chi connectivity index (χ4v) is 2.99. The summed E-state index contributed by atoms with van der Waals surface area (Å²) in [5.41, 5.74) is 1.15. The second-order valence-electron chi connectivity index (χ2n) is 6.52. The number of rotatable bonds is 7. The summed E-state index contributed by atoms with van der Waals surface area (Å²) in [7, 11) is 1.45. The molecule has 1 aliphatic rings. The van der Waals surface area contributed by atoms with Gasteiger partial charge in [-0.3, -0.25) is 0 Å². The fraction of sp³-hybridized carbons (Fsp3) is 0.429. The molecule has 1 aromatic rings. The molecule has 7 nitrogen and oxygen atoms in total. The molecule has 0 bridgehead atoms. The first-order chi connectivity index (χ1) is 13.3. The average molecular weight is 389 g/mol. The minimum absolute atomic E-state index is 0.0130. The molecule has 0 aromatic heterocycles. The number of methoxy groups -OCH3 is 1. The van der Waals surface area contributed by atoms with Gasteiger partial charge in [0, 0.05) is 18.4 Å². The summed E-state index contributed by atoms with van der Waals surface area (Å²) in [6.45, 7) is 7.74. The number of benzene rings is 1. The number of carbonyl (C=O) groups excluding carboxylic acids is 2. The number of aromatic hydroxyl groups is 1. The van der Waals surface area contributed by atoms with Crippen molar-refractivity contribution in [2.75, 3.05) is 20.3 Å². The topological polar surface area (TPSA) is 85.3 Å². The van der Waals surface area contributed by atoms with Gasteiger partial charge in [0.2, 0.25) is 0 Å². The van der Waals surface area contributed by atoms with Gasteiger partial charge in [0.1, 0.15) is 0 Å². The van der Waals surface area contributed by atoms with E-state index in [1.807, 2.05) is 13.8 Å². The van der Waals surface area contributed by atoms with Crippen molar-refractivity contribution in [1.82, 2.24) is 4.90 Å². The van der Waals surface area contributed by atoms with Crippen molar-refractivity contribution >= 4 is 11.9 Å². The Labute approximate surface area is 165 Å². The summed E-state index contributed by atoms with van der Waals surface area (Å²) < 4.78 is 15.5. The van der Waals surface area contributed by atoms with Crippen molar-refractivity contribution in [3.8, 4) is 11.5 Å². The van der Waals surface area contributed by atoms with Crippen LogP contribution in [0.2, 0.25) is 0 Å². The molecule has 0 saturated heterocycles. The van der Waals surface area contributed by atoms with Crippen LogP contribution in [0.4, 0.5) is 0 Å². The number of phenolic OH excluding ortho intramolecular Hbond substituents is 1. The van der Waals surface area contributed by atoms with Crippen molar-refractivity contribution in [3.05, 3.63) is 47.3 Å². The second kappa shape index (κ2) is 9.30. The van der Waals surface area contributed by atoms with Crippen LogP contribution in [0.5, 0.6) is 11.5 Å². The summed E-state index contributed by atoms with van der Waals surface area (Å²) >= 11 is 0. The van der Waals surface area contributed by atoms with E-state index in [0.717, 1.165) is 0 Å². The normalized spacial score (nSPS) is 14.4. The molecule has 0 spiro atoms. The second-order valence-corrected chi connectivity index (χ2v) is 6.52. The van der Waals surface area contributed by atoms with E-state index >= 15 is 0 Å². The van der Waals surface area contributed by atoms with Crippen LogP contribution >= 0.6 is 0 Å². The Hall–Kier alpha value is -2.96. The largest absolute Gasteiger partial charge is 0.504 e.